The Kier molecular flexibility index (Phi) is 3.70. The van der Waals surface area contributed by atoms with Gasteiger partial charge in [-0.1, -0.05) is 17.4 Å². The predicted octanol–water partition coefficient (Wildman–Crippen LogP) is 1.68. The molecule has 1 aromatic heterocycles. The molecule has 0 saturated carbocycles. The van der Waals surface area contributed by atoms with Gasteiger partial charge in [-0.2, -0.15) is 0 Å². The molecule has 3 N–H and O–H groups in total. The van der Waals surface area contributed by atoms with Gasteiger partial charge in [0.05, 0.1) is 6.20 Å². The third-order valence-corrected chi connectivity index (χ3v) is 3.82. The Balaban J connectivity index is 2.13. The number of aromatic hydroxyl groups is 1. The molecule has 1 unspecified atom stereocenters. The molecule has 1 atom stereocenters. The van der Waals surface area contributed by atoms with Crippen LogP contribution in [0.2, 0.25) is 0 Å². The summed E-state index contributed by atoms with van der Waals surface area (Å²) < 4.78 is 19.7. The van der Waals surface area contributed by atoms with Crippen molar-refractivity contribution in [1.29, 1.82) is 0 Å². The number of carbonyl (C=O) groups excluding carboxylic acids is 1. The molecule has 94 valence electrons. The number of amides is 1. The van der Waals surface area contributed by atoms with Crippen LogP contribution in [0.5, 0.6) is 5.75 Å². The van der Waals surface area contributed by atoms with Crippen LogP contribution in [0.25, 0.3) is 0 Å². The first-order valence-corrected chi connectivity index (χ1v) is 6.65. The lowest BCUT2D eigenvalue weighted by Crippen LogP contribution is -2.11. The van der Waals surface area contributed by atoms with Crippen molar-refractivity contribution in [2.75, 3.05) is 5.32 Å². The minimum Gasteiger partial charge on any atom is -0.508 e. The number of anilines is 1. The normalized spacial score (nSPS) is 12.1. The van der Waals surface area contributed by atoms with Crippen LogP contribution in [0.1, 0.15) is 10.4 Å². The number of rotatable bonds is 3. The quantitative estimate of drug-likeness (QED) is 0.745. The second-order valence-corrected chi connectivity index (χ2v) is 5.47. The standard InChI is InChI=1S/C10H8N2O4S2/c13-7-3-1-2-6(4-7)9(14)12-10-11-5-8(17-10)18(15)16/h1-5,13H,(H,15,16)(H,11,12,14). The van der Waals surface area contributed by atoms with Crippen LogP contribution in [0.3, 0.4) is 0 Å². The van der Waals surface area contributed by atoms with Gasteiger partial charge >= 0.3 is 0 Å². The number of nitrogens with zero attached hydrogens (tertiary/aromatic N) is 1. The Morgan fingerprint density at radius 1 is 1.44 bits per heavy atom. The van der Waals surface area contributed by atoms with E-state index in [-0.39, 0.29) is 20.7 Å². The SMILES string of the molecule is O=C(Nc1ncc(S(=O)O)s1)c1cccc(O)c1. The highest BCUT2D eigenvalue weighted by Crippen LogP contribution is 2.21. The smallest absolute Gasteiger partial charge is 0.257 e. The topological polar surface area (TPSA) is 99.5 Å². The van der Waals surface area contributed by atoms with E-state index in [1.807, 2.05) is 0 Å². The van der Waals surface area contributed by atoms with Crippen molar-refractivity contribution in [3.05, 3.63) is 36.0 Å². The summed E-state index contributed by atoms with van der Waals surface area (Å²) >= 11 is -1.19. The maximum atomic E-state index is 11.8. The van der Waals surface area contributed by atoms with Crippen LogP contribution in [0, 0.1) is 0 Å². The van der Waals surface area contributed by atoms with Crippen LogP contribution in [0.15, 0.2) is 34.7 Å². The third-order valence-electron chi connectivity index (χ3n) is 1.99. The molecule has 1 heterocycles. The molecule has 0 saturated heterocycles. The van der Waals surface area contributed by atoms with Crippen molar-refractivity contribution < 1.29 is 18.7 Å². The van der Waals surface area contributed by atoms with Crippen LogP contribution in [-0.4, -0.2) is 24.8 Å². The number of hydrogen-bond acceptors (Lipinski definition) is 5. The summed E-state index contributed by atoms with van der Waals surface area (Å²) in [6.45, 7) is 0. The molecule has 0 aliphatic heterocycles. The number of phenolic OH excluding ortho intramolecular Hbond substituents is 1. The average molecular weight is 284 g/mol. The van der Waals surface area contributed by atoms with Crippen molar-refractivity contribution >= 4 is 33.5 Å². The lowest BCUT2D eigenvalue weighted by Gasteiger charge is -2.01. The molecule has 2 aromatic rings. The summed E-state index contributed by atoms with van der Waals surface area (Å²) in [6.07, 6.45) is 1.22. The molecular formula is C10H8N2O4S2. The maximum Gasteiger partial charge on any atom is 0.257 e. The lowest BCUT2D eigenvalue weighted by atomic mass is 10.2. The summed E-state index contributed by atoms with van der Waals surface area (Å²) in [5.74, 6) is -0.463. The molecule has 0 aliphatic rings. The number of aromatic nitrogens is 1. The number of nitrogens with one attached hydrogen (secondary N) is 1. The fourth-order valence-corrected chi connectivity index (χ4v) is 2.42. The highest BCUT2D eigenvalue weighted by atomic mass is 32.2. The van der Waals surface area contributed by atoms with Crippen molar-refractivity contribution in [3.8, 4) is 5.75 Å². The largest absolute Gasteiger partial charge is 0.508 e. The van der Waals surface area contributed by atoms with Crippen LogP contribution in [0.4, 0.5) is 5.13 Å². The van der Waals surface area contributed by atoms with Crippen LogP contribution < -0.4 is 5.32 Å². The Morgan fingerprint density at radius 2 is 2.22 bits per heavy atom. The van der Waals surface area contributed by atoms with E-state index in [0.29, 0.717) is 0 Å². The molecule has 0 fully saturated rings. The zero-order chi connectivity index (χ0) is 13.1. The molecule has 8 heteroatoms. The van der Waals surface area contributed by atoms with E-state index in [1.54, 1.807) is 6.07 Å². The summed E-state index contributed by atoms with van der Waals surface area (Å²) in [5.41, 5.74) is 0.275. The molecule has 0 radical (unpaired) electrons. The van der Waals surface area contributed by atoms with Gasteiger partial charge in [0.2, 0.25) is 0 Å². The molecule has 0 aliphatic carbocycles. The number of hydrogen-bond donors (Lipinski definition) is 3. The third kappa shape index (κ3) is 2.92. The molecule has 1 aromatic carbocycles. The maximum absolute atomic E-state index is 11.8. The Bertz CT molecular complexity index is 611. The molecule has 0 spiro atoms. The molecule has 6 nitrogen and oxygen atoms in total. The summed E-state index contributed by atoms with van der Waals surface area (Å²) in [6, 6.07) is 5.84. The minimum atomic E-state index is -2.11. The van der Waals surface area contributed by atoms with Gasteiger partial charge in [-0.25, -0.2) is 9.19 Å². The number of carbonyl (C=O) groups is 1. The van der Waals surface area contributed by atoms with E-state index in [4.69, 9.17) is 4.55 Å². The van der Waals surface area contributed by atoms with Gasteiger partial charge in [0.25, 0.3) is 5.91 Å². The number of thiazole rings is 1. The average Bonchev–Trinajstić information content (AvgIpc) is 2.77. The van der Waals surface area contributed by atoms with E-state index in [0.717, 1.165) is 11.3 Å². The van der Waals surface area contributed by atoms with Crippen molar-refractivity contribution in [2.24, 2.45) is 0 Å². The first-order chi connectivity index (χ1) is 8.56. The molecule has 1 amide bonds. The van der Waals surface area contributed by atoms with E-state index in [1.165, 1.54) is 24.4 Å². The summed E-state index contributed by atoms with van der Waals surface area (Å²) in [4.78, 5) is 15.5. The van der Waals surface area contributed by atoms with Gasteiger partial charge in [0, 0.05) is 5.56 Å². The van der Waals surface area contributed by atoms with E-state index < -0.39 is 17.0 Å². The Labute approximate surface area is 109 Å². The van der Waals surface area contributed by atoms with Gasteiger partial charge in [0.15, 0.2) is 16.2 Å². The summed E-state index contributed by atoms with van der Waals surface area (Å²) in [5, 5.41) is 11.9. The minimum absolute atomic E-state index is 0.0149. The first kappa shape index (κ1) is 12.7. The van der Waals surface area contributed by atoms with E-state index >= 15 is 0 Å². The monoisotopic (exact) mass is 284 g/mol. The Hall–Kier alpha value is -1.77. The van der Waals surface area contributed by atoms with Crippen molar-refractivity contribution in [2.45, 2.75) is 4.21 Å². The van der Waals surface area contributed by atoms with Crippen molar-refractivity contribution in [3.63, 3.8) is 0 Å². The fraction of sp³-hybridized carbons (Fsp3) is 0. The molecule has 2 rings (SSSR count). The summed E-state index contributed by atoms with van der Waals surface area (Å²) in [7, 11) is 0. The van der Waals surface area contributed by atoms with E-state index in [9.17, 15) is 14.1 Å². The number of benzene rings is 1. The Morgan fingerprint density at radius 3 is 2.83 bits per heavy atom. The highest BCUT2D eigenvalue weighted by molar-refractivity contribution is 7.81. The van der Waals surface area contributed by atoms with Gasteiger partial charge in [-0.15, -0.1) is 0 Å². The van der Waals surface area contributed by atoms with Gasteiger partial charge in [-0.05, 0) is 18.2 Å². The zero-order valence-corrected chi connectivity index (χ0v) is 10.5. The molecule has 18 heavy (non-hydrogen) atoms. The highest BCUT2D eigenvalue weighted by Gasteiger charge is 2.11. The van der Waals surface area contributed by atoms with Crippen molar-refractivity contribution in [1.82, 2.24) is 4.98 Å². The second-order valence-electron chi connectivity index (χ2n) is 3.24. The van der Waals surface area contributed by atoms with Gasteiger partial charge in [-0.3, -0.25) is 10.1 Å². The number of phenols is 1. The second kappa shape index (κ2) is 5.25. The lowest BCUT2D eigenvalue weighted by molar-refractivity contribution is 0.102. The van der Waals surface area contributed by atoms with Gasteiger partial charge < -0.3 is 9.66 Å². The van der Waals surface area contributed by atoms with Crippen LogP contribution >= 0.6 is 11.3 Å². The fourth-order valence-electron chi connectivity index (χ4n) is 1.21. The zero-order valence-electron chi connectivity index (χ0n) is 8.86. The van der Waals surface area contributed by atoms with E-state index in [2.05, 4.69) is 10.3 Å². The van der Waals surface area contributed by atoms with Crippen LogP contribution in [-0.2, 0) is 11.1 Å². The van der Waals surface area contributed by atoms with Gasteiger partial charge in [0.1, 0.15) is 9.96 Å². The molecule has 0 bridgehead atoms. The first-order valence-electron chi connectivity index (χ1n) is 4.73. The predicted molar refractivity (Wildman–Crippen MR) is 67.2 cm³/mol. The molecular weight excluding hydrogens is 276 g/mol.